The maximum Gasteiger partial charge on any atom is 0.302 e. The van der Waals surface area contributed by atoms with Gasteiger partial charge < -0.3 is 4.74 Å². The van der Waals surface area contributed by atoms with Crippen LogP contribution in [0.3, 0.4) is 0 Å². The van der Waals surface area contributed by atoms with Gasteiger partial charge in [-0.25, -0.2) is 0 Å². The zero-order valence-electron chi connectivity index (χ0n) is 47.1. The Kier molecular flexibility index (Phi) is 35.7. The molecule has 2 nitrogen and oxygen atoms in total. The zero-order chi connectivity index (χ0) is 49.3. The van der Waals surface area contributed by atoms with Crippen molar-refractivity contribution in [2.75, 3.05) is 39.4 Å². The van der Waals surface area contributed by atoms with Crippen LogP contribution >= 0.6 is 31.0 Å². The van der Waals surface area contributed by atoms with Gasteiger partial charge in [0.25, 0.3) is 0 Å². The topological polar surface area (TPSA) is 26.3 Å². The van der Waals surface area contributed by atoms with E-state index >= 15 is 0 Å². The minimum absolute atomic E-state index is 0. The summed E-state index contributed by atoms with van der Waals surface area (Å²) in [5, 5.41) is 3.18. The van der Waals surface area contributed by atoms with Crippen LogP contribution in [0, 0.1) is 11.8 Å². The van der Waals surface area contributed by atoms with Gasteiger partial charge in [-0.2, -0.15) is 0 Å². The minimum Gasteiger partial charge on any atom is -0.465 e. The predicted molar refractivity (Wildman–Crippen MR) is 329 cm³/mol. The van der Waals surface area contributed by atoms with Gasteiger partial charge in [0.2, 0.25) is 0 Å². The van der Waals surface area contributed by atoms with Gasteiger partial charge in [0, 0.05) is 61.5 Å². The van der Waals surface area contributed by atoms with E-state index in [0.717, 1.165) is 34.2 Å². The molecule has 8 aliphatic rings. The molecular formula is C65H114Fe2O2P4+2. The summed E-state index contributed by atoms with van der Waals surface area (Å²) in [6.45, 7) is 12.3. The smallest absolute Gasteiger partial charge is 0.302 e. The summed E-state index contributed by atoms with van der Waals surface area (Å²) in [6.07, 6.45) is 55.9. The second-order valence-electron chi connectivity index (χ2n) is 24.7. The van der Waals surface area contributed by atoms with Gasteiger partial charge in [-0.15, -0.1) is 8.58 Å². The number of esters is 1. The second kappa shape index (κ2) is 38.3. The Balaban J connectivity index is 0.000000270. The Labute approximate surface area is 479 Å². The first-order valence-corrected chi connectivity index (χ1v) is 38.9. The van der Waals surface area contributed by atoms with E-state index in [0.29, 0.717) is 18.2 Å². The molecule has 73 heavy (non-hydrogen) atoms. The molecule has 0 saturated heterocycles. The molecule has 10 rings (SSSR count). The van der Waals surface area contributed by atoms with Crippen LogP contribution < -0.4 is 10.6 Å². The Hall–Kier alpha value is 0.669. The van der Waals surface area contributed by atoms with Crippen LogP contribution in [0.15, 0.2) is 60.7 Å². The third-order valence-electron chi connectivity index (χ3n) is 19.0. The Morgan fingerprint density at radius 3 is 1.12 bits per heavy atom. The predicted octanol–water partition coefficient (Wildman–Crippen LogP) is 20.1. The van der Waals surface area contributed by atoms with Crippen molar-refractivity contribution in [3.8, 4) is 0 Å². The molecule has 8 aliphatic carbocycles. The molecule has 0 heterocycles. The van der Waals surface area contributed by atoms with Crippen molar-refractivity contribution >= 4 is 47.6 Å². The number of rotatable bonds is 12. The van der Waals surface area contributed by atoms with Crippen LogP contribution in [0.4, 0.5) is 0 Å². The SMILES string of the molecule is C.C1CCC(PC2CCCCC2)CC1.C1CCCC1.C1CCCC1.CC(=O)OCC1CCCC1[P+](C)(C)c1ccccc1.C[P+](C)(c1ccccc1)C1CCCC1CP(C1CCCCC1)C1CCCCC1.[Fe].[Fe]. The number of benzene rings is 2. The van der Waals surface area contributed by atoms with Crippen LogP contribution in [0.1, 0.15) is 245 Å². The number of hydrogen-bond donors (Lipinski definition) is 0. The molecule has 2 aromatic rings. The van der Waals surface area contributed by atoms with Crippen LogP contribution in [0.5, 0.6) is 0 Å². The van der Waals surface area contributed by atoms with Crippen molar-refractivity contribution in [1.82, 2.24) is 0 Å². The summed E-state index contributed by atoms with van der Waals surface area (Å²) in [6, 6.07) is 22.5. The van der Waals surface area contributed by atoms with E-state index in [-0.39, 0.29) is 55.5 Å². The van der Waals surface area contributed by atoms with Crippen molar-refractivity contribution in [3.05, 3.63) is 60.7 Å². The molecule has 2 aromatic carbocycles. The van der Waals surface area contributed by atoms with Crippen molar-refractivity contribution in [2.45, 2.75) is 279 Å². The molecule has 4 atom stereocenters. The second-order valence-corrected chi connectivity index (χ2v) is 38.1. The fraction of sp³-hybridized carbons (Fsp3) is 0.800. The zero-order valence-corrected chi connectivity index (χ0v) is 53.0. The Bertz CT molecular complexity index is 1590. The van der Waals surface area contributed by atoms with Crippen molar-refractivity contribution in [1.29, 1.82) is 0 Å². The monoisotopic (exact) mass is 1160 g/mol. The van der Waals surface area contributed by atoms with E-state index in [1.807, 2.05) is 0 Å². The molecule has 0 bridgehead atoms. The summed E-state index contributed by atoms with van der Waals surface area (Å²) in [7, 11) is -0.577. The molecule has 8 saturated carbocycles. The maximum absolute atomic E-state index is 11.0. The summed E-state index contributed by atoms with van der Waals surface area (Å²) in [5.74, 6) is 1.44. The molecule has 420 valence electrons. The van der Waals surface area contributed by atoms with Crippen molar-refractivity contribution < 1.29 is 43.7 Å². The van der Waals surface area contributed by atoms with E-state index in [1.165, 1.54) is 194 Å². The van der Waals surface area contributed by atoms with E-state index in [4.69, 9.17) is 4.74 Å². The fourth-order valence-corrected chi connectivity index (χ4v) is 28.2. The Morgan fingerprint density at radius 1 is 0.452 bits per heavy atom. The van der Waals surface area contributed by atoms with Crippen LogP contribution in [0.25, 0.3) is 0 Å². The van der Waals surface area contributed by atoms with Crippen molar-refractivity contribution in [2.24, 2.45) is 11.8 Å². The van der Waals surface area contributed by atoms with E-state index in [2.05, 4.69) is 87.3 Å². The average molecular weight is 1160 g/mol. The molecule has 4 unspecified atom stereocenters. The quantitative estimate of drug-likeness (QED) is 0.120. The van der Waals surface area contributed by atoms with Gasteiger partial charge in [-0.1, -0.05) is 193 Å². The molecule has 0 radical (unpaired) electrons. The fourth-order valence-electron chi connectivity index (χ4n) is 14.7. The number of carbonyl (C=O) groups is 1. The van der Waals surface area contributed by atoms with Gasteiger partial charge in [0.1, 0.15) is 0 Å². The first-order valence-electron chi connectivity index (χ1n) is 30.6. The molecule has 8 heteroatoms. The van der Waals surface area contributed by atoms with Crippen LogP contribution in [-0.4, -0.2) is 79.4 Å². The van der Waals surface area contributed by atoms with E-state index < -0.39 is 14.5 Å². The third-order valence-corrected chi connectivity index (χ3v) is 32.8. The molecule has 0 amide bonds. The van der Waals surface area contributed by atoms with Gasteiger partial charge in [-0.3, -0.25) is 4.79 Å². The molecular weight excluding hydrogens is 1050 g/mol. The summed E-state index contributed by atoms with van der Waals surface area (Å²) in [5.41, 5.74) is 6.27. The third kappa shape index (κ3) is 23.7. The van der Waals surface area contributed by atoms with Gasteiger partial charge in [-0.05, 0) is 149 Å². The molecule has 0 spiro atoms. The van der Waals surface area contributed by atoms with Crippen molar-refractivity contribution in [3.63, 3.8) is 0 Å². The molecule has 8 fully saturated rings. The standard InChI is InChI=1S/C26H43P2.C16H24O2P.C12H23P.2C5H10.CH4.2Fe/c1-28(2,25-18-10-5-11-19-25)26-20-12-13-22(26)21-27(23-14-6-3-7-15-23)24-16-8-4-9-17-24;1-13(17)18-12-14-8-7-11-16(14)19(2,3)15-9-5-4-6-10-15;1-3-7-11(8-4-1)13-12-9-5-2-6-10-12;2*1-2-4-5-3-1;;;/h5,10-11,18-19,22-24,26H,3-4,6-9,12-17,20-21H2,1-2H3;4-6,9-10,14,16H,7-8,11-12H2,1-3H3;11-13H,1-10H2;2*1-5H2;1H4;;/q2*+1;;;;;;. The minimum atomic E-state index is -1.15. The number of hydrogen-bond acceptors (Lipinski definition) is 2. The molecule has 0 N–H and O–H groups in total. The Morgan fingerprint density at radius 2 is 0.767 bits per heavy atom. The summed E-state index contributed by atoms with van der Waals surface area (Å²) < 4.78 is 5.27. The van der Waals surface area contributed by atoms with Gasteiger partial charge in [0.05, 0.1) is 55.2 Å². The van der Waals surface area contributed by atoms with Crippen LogP contribution in [-0.2, 0) is 43.7 Å². The van der Waals surface area contributed by atoms with E-state index in [1.54, 1.807) is 69.3 Å². The maximum atomic E-state index is 11.0. The largest absolute Gasteiger partial charge is 0.465 e. The van der Waals surface area contributed by atoms with Crippen LogP contribution in [0.2, 0.25) is 0 Å². The molecule has 0 aliphatic heterocycles. The first-order chi connectivity index (χ1) is 34.1. The summed E-state index contributed by atoms with van der Waals surface area (Å²) >= 11 is 0. The normalized spacial score (nSPS) is 25.1. The van der Waals surface area contributed by atoms with Gasteiger partial charge >= 0.3 is 5.97 Å². The first kappa shape index (κ1) is 67.9. The summed E-state index contributed by atoms with van der Waals surface area (Å²) in [4.78, 5) is 11.0. The number of carbonyl (C=O) groups excluding carboxylic acids is 1. The number of ether oxygens (including phenoxy) is 1. The van der Waals surface area contributed by atoms with E-state index in [9.17, 15) is 4.79 Å². The molecule has 0 aromatic heterocycles. The average Bonchev–Trinajstić information content (AvgIpc) is 4.28. The van der Waals surface area contributed by atoms with Gasteiger partial charge in [0.15, 0.2) is 0 Å².